The summed E-state index contributed by atoms with van der Waals surface area (Å²) in [6.07, 6.45) is -18.4. The van der Waals surface area contributed by atoms with E-state index in [2.05, 4.69) is 27.4 Å². The summed E-state index contributed by atoms with van der Waals surface area (Å²) in [5.74, 6) is -5.59. The molecule has 16 heteroatoms. The summed E-state index contributed by atoms with van der Waals surface area (Å²) in [5, 5.41) is 0. The molecule has 0 spiro atoms. The van der Waals surface area contributed by atoms with Gasteiger partial charge in [0, 0.05) is 12.2 Å². The van der Waals surface area contributed by atoms with Crippen molar-refractivity contribution in [2.24, 2.45) is 5.41 Å². The number of hydrogen-bond donors (Lipinski definition) is 0. The van der Waals surface area contributed by atoms with Gasteiger partial charge in [-0.2, -0.15) is 39.5 Å². The van der Waals surface area contributed by atoms with Crippen LogP contribution in [0.1, 0.15) is 27.2 Å². The van der Waals surface area contributed by atoms with Crippen LogP contribution in [0.4, 0.5) is 48.3 Å². The zero-order valence-corrected chi connectivity index (χ0v) is 19.6. The molecule has 214 valence electrons. The van der Waals surface area contributed by atoms with Crippen molar-refractivity contribution in [2.75, 3.05) is 19.8 Å². The molecule has 0 heterocycles. The molecule has 0 saturated heterocycles. The van der Waals surface area contributed by atoms with E-state index in [4.69, 9.17) is 0 Å². The molecule has 0 aliphatic carbocycles. The third-order valence-electron chi connectivity index (χ3n) is 5.14. The largest absolute Gasteiger partial charge is 0.488 e. The first kappa shape index (κ1) is 34.2. The Labute approximate surface area is 203 Å². The van der Waals surface area contributed by atoms with Gasteiger partial charge in [0.15, 0.2) is 0 Å². The Balaban J connectivity index is 7.09. The number of hydrogen-bond acceptors (Lipinski definition) is 5. The predicted octanol–water partition coefficient (Wildman–Crippen LogP) is 6.26. The van der Waals surface area contributed by atoms with E-state index in [1.54, 1.807) is 0 Å². The molecule has 0 radical (unpaired) electrons. The van der Waals surface area contributed by atoms with Gasteiger partial charge in [-0.15, -0.1) is 0 Å². The van der Waals surface area contributed by atoms with Crippen LogP contribution < -0.4 is 0 Å². The van der Waals surface area contributed by atoms with Crippen molar-refractivity contribution in [3.05, 3.63) is 36.6 Å². The maximum atomic E-state index is 14.7. The molecule has 0 aromatic rings. The minimum Gasteiger partial charge on any atom is -0.488 e. The molecule has 0 amide bonds. The van der Waals surface area contributed by atoms with E-state index in [-0.39, 0.29) is 0 Å². The molecule has 0 bridgehead atoms. The smallest absolute Gasteiger partial charge is 0.449 e. The number of rotatable bonds is 12. The second-order valence-electron chi connectivity index (χ2n) is 7.97. The lowest BCUT2D eigenvalue weighted by Gasteiger charge is -2.38. The fraction of sp³-hybridized carbons (Fsp3) is 0.619. The van der Waals surface area contributed by atoms with Gasteiger partial charge in [0.05, 0.1) is 11.0 Å². The number of ether oxygens (including phenoxy) is 3. The highest BCUT2D eigenvalue weighted by Crippen LogP contribution is 2.53. The fourth-order valence-electron chi connectivity index (χ4n) is 2.67. The Kier molecular flexibility index (Phi) is 10.8. The number of alkyl halides is 11. The number of carbonyl (C=O) groups excluding carboxylic acids is 2. The summed E-state index contributed by atoms with van der Waals surface area (Å²) >= 11 is 0. The average molecular weight is 564 g/mol. The lowest BCUT2D eigenvalue weighted by molar-refractivity contribution is -0.249. The fourth-order valence-corrected chi connectivity index (χ4v) is 2.67. The molecule has 0 fully saturated rings. The van der Waals surface area contributed by atoms with Crippen LogP contribution in [0.15, 0.2) is 36.6 Å². The first-order chi connectivity index (χ1) is 16.4. The maximum absolute atomic E-state index is 14.7. The van der Waals surface area contributed by atoms with Crippen LogP contribution in [0.25, 0.3) is 0 Å². The van der Waals surface area contributed by atoms with E-state index < -0.39 is 98.6 Å². The van der Waals surface area contributed by atoms with Crippen molar-refractivity contribution in [1.29, 1.82) is 0 Å². The molecular formula is C21H23F11O5. The molecule has 0 rings (SSSR count). The predicted molar refractivity (Wildman–Crippen MR) is 105 cm³/mol. The highest BCUT2D eigenvalue weighted by Gasteiger charge is 2.69. The number of esters is 2. The third kappa shape index (κ3) is 8.35. The van der Waals surface area contributed by atoms with Crippen LogP contribution >= 0.6 is 0 Å². The van der Waals surface area contributed by atoms with Crippen LogP contribution in [-0.2, 0) is 23.8 Å². The summed E-state index contributed by atoms with van der Waals surface area (Å²) in [4.78, 5) is 22.8. The molecule has 0 aliphatic heterocycles. The van der Waals surface area contributed by atoms with Crippen molar-refractivity contribution in [1.82, 2.24) is 0 Å². The standard InChI is InChI=1S/C21H23F11O5/c1-6-12(33)35-9-18(8-3,10-36-13(34)7-2)11-37-15(19(24,25)26)14(16(4,22)20(27,28)29)17(5,23)21(30,31)32/h6-7H,1-2,8-11H2,3-5H3. The van der Waals surface area contributed by atoms with Gasteiger partial charge in [0.2, 0.25) is 17.1 Å². The molecule has 37 heavy (non-hydrogen) atoms. The lowest BCUT2D eigenvalue weighted by Crippen LogP contribution is -2.54. The van der Waals surface area contributed by atoms with Gasteiger partial charge in [0.1, 0.15) is 19.8 Å². The van der Waals surface area contributed by atoms with Crippen molar-refractivity contribution in [3.63, 3.8) is 0 Å². The van der Waals surface area contributed by atoms with E-state index in [9.17, 15) is 57.9 Å². The summed E-state index contributed by atoms with van der Waals surface area (Å²) in [7, 11) is 0. The zero-order valence-electron chi connectivity index (χ0n) is 19.6. The average Bonchev–Trinajstić information content (AvgIpc) is 2.74. The Morgan fingerprint density at radius 3 is 1.24 bits per heavy atom. The van der Waals surface area contributed by atoms with Gasteiger partial charge in [-0.05, 0) is 20.3 Å². The normalized spacial score (nSPS) is 16.1. The summed E-state index contributed by atoms with van der Waals surface area (Å²) in [5.41, 5.74) is -16.6. The second kappa shape index (κ2) is 11.7. The SMILES string of the molecule is C=CC(=O)OCC(CC)(COC(=O)C=C)COC(=C(C(C)(F)C(F)(F)F)C(C)(F)C(F)(F)F)C(F)(F)F. The van der Waals surface area contributed by atoms with Crippen molar-refractivity contribution < 1.29 is 72.1 Å². The van der Waals surface area contributed by atoms with Crippen molar-refractivity contribution in [2.45, 2.75) is 57.1 Å². The lowest BCUT2D eigenvalue weighted by atomic mass is 9.82. The van der Waals surface area contributed by atoms with Crippen LogP contribution in [0.5, 0.6) is 0 Å². The maximum Gasteiger partial charge on any atom is 0.449 e. The van der Waals surface area contributed by atoms with Crippen molar-refractivity contribution in [3.8, 4) is 0 Å². The highest BCUT2D eigenvalue weighted by molar-refractivity contribution is 5.81. The van der Waals surface area contributed by atoms with E-state index >= 15 is 0 Å². The Bertz CT molecular complexity index is 829. The highest BCUT2D eigenvalue weighted by atomic mass is 19.4. The van der Waals surface area contributed by atoms with Crippen LogP contribution in [0.3, 0.4) is 0 Å². The third-order valence-corrected chi connectivity index (χ3v) is 5.14. The quantitative estimate of drug-likeness (QED) is 0.121. The van der Waals surface area contributed by atoms with Gasteiger partial charge in [-0.3, -0.25) is 0 Å². The first-order valence-corrected chi connectivity index (χ1v) is 9.98. The molecule has 0 aromatic heterocycles. The molecule has 5 nitrogen and oxygen atoms in total. The molecule has 0 N–H and O–H groups in total. The summed E-state index contributed by atoms with van der Waals surface area (Å²) < 4.78 is 164. The van der Waals surface area contributed by atoms with E-state index in [1.807, 2.05) is 0 Å². The van der Waals surface area contributed by atoms with Gasteiger partial charge >= 0.3 is 30.5 Å². The van der Waals surface area contributed by atoms with Crippen LogP contribution in [0, 0.1) is 5.41 Å². The topological polar surface area (TPSA) is 61.8 Å². The molecule has 2 unspecified atom stereocenters. The summed E-state index contributed by atoms with van der Waals surface area (Å²) in [6, 6.07) is 0. The monoisotopic (exact) mass is 564 g/mol. The molecule has 2 atom stereocenters. The molecule has 0 aliphatic rings. The molecular weight excluding hydrogens is 541 g/mol. The summed E-state index contributed by atoms with van der Waals surface area (Å²) in [6.45, 7) is 2.33. The Morgan fingerprint density at radius 2 is 1.00 bits per heavy atom. The number of carbonyl (C=O) groups is 2. The van der Waals surface area contributed by atoms with Crippen LogP contribution in [-0.4, -0.2) is 61.6 Å². The minimum absolute atomic E-state index is 0.430. The minimum atomic E-state index is -6.46. The van der Waals surface area contributed by atoms with Gasteiger partial charge < -0.3 is 14.2 Å². The van der Waals surface area contributed by atoms with E-state index in [1.165, 1.54) is 6.92 Å². The zero-order chi connectivity index (χ0) is 29.7. The number of halogens is 11. The van der Waals surface area contributed by atoms with E-state index in [0.29, 0.717) is 12.2 Å². The van der Waals surface area contributed by atoms with Crippen molar-refractivity contribution >= 4 is 11.9 Å². The molecule has 0 saturated carbocycles. The number of allylic oxidation sites excluding steroid dienone is 2. The van der Waals surface area contributed by atoms with Gasteiger partial charge in [-0.25, -0.2) is 18.4 Å². The van der Waals surface area contributed by atoms with Crippen LogP contribution in [0.2, 0.25) is 0 Å². The molecule has 0 aromatic carbocycles. The first-order valence-electron chi connectivity index (χ1n) is 9.98. The van der Waals surface area contributed by atoms with Gasteiger partial charge in [0.25, 0.3) is 0 Å². The second-order valence-corrected chi connectivity index (χ2v) is 7.97. The van der Waals surface area contributed by atoms with Gasteiger partial charge in [-0.1, -0.05) is 20.1 Å². The van der Waals surface area contributed by atoms with E-state index in [0.717, 1.165) is 0 Å². The Morgan fingerprint density at radius 1 is 0.676 bits per heavy atom. The Hall–Kier alpha value is -2.81.